The molecule has 1 atom stereocenters. The largest absolute Gasteiger partial charge is 0.509 e. The van der Waals surface area contributed by atoms with Gasteiger partial charge in [0.2, 0.25) is 0 Å². The first-order valence-corrected chi connectivity index (χ1v) is 5.04. The summed E-state index contributed by atoms with van der Waals surface area (Å²) in [5.74, 6) is 0. The summed E-state index contributed by atoms with van der Waals surface area (Å²) < 4.78 is 62.7. The Kier molecular flexibility index (Phi) is 2.27. The van der Waals surface area contributed by atoms with Crippen LogP contribution in [0.25, 0.3) is 0 Å². The summed E-state index contributed by atoms with van der Waals surface area (Å²) in [4.78, 5) is 0. The molecule has 0 fully saturated rings. The van der Waals surface area contributed by atoms with Gasteiger partial charge < -0.3 is 0 Å². The Bertz CT molecular complexity index is 277. The van der Waals surface area contributed by atoms with Crippen LogP contribution in [0.5, 0.6) is 0 Å². The quantitative estimate of drug-likeness (QED) is 0.643. The van der Waals surface area contributed by atoms with Gasteiger partial charge in [0.1, 0.15) is 0 Å². The van der Waals surface area contributed by atoms with Crippen molar-refractivity contribution in [3.63, 3.8) is 0 Å². The molecule has 0 spiro atoms. The molecule has 0 aliphatic carbocycles. The second-order valence-electron chi connectivity index (χ2n) is 1.18. The third kappa shape index (κ3) is 1.57. The summed E-state index contributed by atoms with van der Waals surface area (Å²) in [6.45, 7) is -3.98. The maximum Gasteiger partial charge on any atom is 0.509 e. The molecule has 0 aromatic rings. The van der Waals surface area contributed by atoms with Crippen molar-refractivity contribution in [3.8, 4) is 0 Å². The highest BCUT2D eigenvalue weighted by molar-refractivity contribution is 8.42. The van der Waals surface area contributed by atoms with E-state index in [0.717, 1.165) is 0 Å². The molecule has 1 N–H and O–H groups in total. The topological polar surface area (TPSA) is 75.1 Å². The van der Waals surface area contributed by atoms with E-state index in [0.29, 0.717) is 0 Å². The van der Waals surface area contributed by atoms with Crippen molar-refractivity contribution in [1.29, 1.82) is 5.16 Å². The Morgan fingerprint density at radius 3 is 1.60 bits per heavy atom. The fraction of sp³-hybridized carbons (Fsp3) is 1.00. The first kappa shape index (κ1) is 9.64. The lowest BCUT2D eigenvalue weighted by atomic mass is 11.6. The molecule has 60 valence electrons. The SMILES string of the molecule is N=P(=O)S(=O)(=O)C(F)(F)F. The van der Waals surface area contributed by atoms with Crippen LogP contribution in [0, 0.1) is 5.16 Å². The fourth-order valence-corrected chi connectivity index (χ4v) is 0.846. The Hall–Kier alpha value is -0.360. The second kappa shape index (κ2) is 2.35. The molecular weight excluding hydrogens is 194 g/mol. The third-order valence-electron chi connectivity index (χ3n) is 0.511. The van der Waals surface area contributed by atoms with E-state index in [1.54, 1.807) is 0 Å². The Morgan fingerprint density at radius 1 is 1.30 bits per heavy atom. The normalized spacial score (nSPS) is 14.9. The van der Waals surface area contributed by atoms with Crippen molar-refractivity contribution >= 4 is 16.3 Å². The maximum atomic E-state index is 11.2. The molecule has 0 saturated carbocycles. The van der Waals surface area contributed by atoms with Crippen LogP contribution in [-0.2, 0) is 14.0 Å². The van der Waals surface area contributed by atoms with Crippen molar-refractivity contribution in [1.82, 2.24) is 0 Å². The van der Waals surface area contributed by atoms with Gasteiger partial charge in [-0.2, -0.15) is 13.2 Å². The predicted octanol–water partition coefficient (Wildman–Crippen LogP) is 1.43. The van der Waals surface area contributed by atoms with Crippen molar-refractivity contribution in [2.24, 2.45) is 0 Å². The summed E-state index contributed by atoms with van der Waals surface area (Å²) in [6.07, 6.45) is 0. The van der Waals surface area contributed by atoms with Crippen molar-refractivity contribution in [3.05, 3.63) is 0 Å². The molecule has 0 aliphatic rings. The molecule has 0 amide bonds. The lowest BCUT2D eigenvalue weighted by Gasteiger charge is -1.98. The van der Waals surface area contributed by atoms with Gasteiger partial charge in [0, 0.05) is 0 Å². The number of nitrogens with one attached hydrogen (secondary N) is 1. The first-order valence-electron chi connectivity index (χ1n) is 1.69. The minimum absolute atomic E-state index is 3.98. The van der Waals surface area contributed by atoms with Gasteiger partial charge in [-0.1, -0.05) is 0 Å². The molecule has 9 heteroatoms. The van der Waals surface area contributed by atoms with Crippen LogP contribution in [0.1, 0.15) is 0 Å². The van der Waals surface area contributed by atoms with E-state index in [1.165, 1.54) is 0 Å². The third-order valence-corrected chi connectivity index (χ3v) is 3.46. The zero-order valence-corrected chi connectivity index (χ0v) is 5.93. The minimum atomic E-state index is -5.74. The van der Waals surface area contributed by atoms with E-state index in [-0.39, 0.29) is 0 Å². The van der Waals surface area contributed by atoms with Crippen molar-refractivity contribution < 1.29 is 26.2 Å². The summed E-state index contributed by atoms with van der Waals surface area (Å²) in [5.41, 5.74) is -5.58. The number of hydrogen-bond acceptors (Lipinski definition) is 4. The van der Waals surface area contributed by atoms with Gasteiger partial charge >= 0.3 is 21.8 Å². The van der Waals surface area contributed by atoms with E-state index in [1.807, 2.05) is 0 Å². The summed E-state index contributed by atoms with van der Waals surface area (Å²) in [7, 11) is -5.74. The Morgan fingerprint density at radius 2 is 1.60 bits per heavy atom. The van der Waals surface area contributed by atoms with Gasteiger partial charge in [0.05, 0.1) is 0 Å². The molecule has 0 aromatic heterocycles. The monoisotopic (exact) mass is 195 g/mol. The van der Waals surface area contributed by atoms with E-state index in [4.69, 9.17) is 5.16 Å². The first-order chi connectivity index (χ1) is 4.19. The highest BCUT2D eigenvalue weighted by Crippen LogP contribution is 2.34. The molecule has 0 aliphatic heterocycles. The number of alkyl halides is 3. The van der Waals surface area contributed by atoms with Crippen LogP contribution in [0.15, 0.2) is 0 Å². The number of hydrogen-bond donors (Lipinski definition) is 1. The molecule has 0 aromatic carbocycles. The smallest absolute Gasteiger partial charge is 0.244 e. The highest BCUT2D eigenvalue weighted by Gasteiger charge is 2.48. The predicted molar refractivity (Wildman–Crippen MR) is 25.3 cm³/mol. The molecule has 0 rings (SSSR count). The van der Waals surface area contributed by atoms with Crippen LogP contribution in [-0.4, -0.2) is 13.9 Å². The standard InChI is InChI=1S/CHF3NO3PS/c2-1(3,4)10(7,8)9(5)6/h5H. The zero-order valence-electron chi connectivity index (χ0n) is 4.21. The summed E-state index contributed by atoms with van der Waals surface area (Å²) in [5, 5.41) is 5.84. The van der Waals surface area contributed by atoms with Crippen LogP contribution in [0.3, 0.4) is 0 Å². The molecular formula is CHF3NO3PS. The molecule has 0 heterocycles. The lowest BCUT2D eigenvalue weighted by Crippen LogP contribution is -2.17. The molecule has 1 unspecified atom stereocenters. The van der Waals surface area contributed by atoms with Crippen LogP contribution in [0.2, 0.25) is 0 Å². The van der Waals surface area contributed by atoms with Gasteiger partial charge in [0.25, 0.3) is 0 Å². The average molecular weight is 195 g/mol. The Balaban J connectivity index is 5.19. The van der Waals surface area contributed by atoms with E-state index < -0.39 is 21.8 Å². The van der Waals surface area contributed by atoms with Gasteiger partial charge in [-0.25, -0.2) is 18.1 Å². The average Bonchev–Trinajstić information content (AvgIpc) is 1.62. The van der Waals surface area contributed by atoms with Gasteiger partial charge in [-0.3, -0.25) is 0 Å². The lowest BCUT2D eigenvalue weighted by molar-refractivity contribution is -0.0412. The molecule has 0 radical (unpaired) electrons. The van der Waals surface area contributed by atoms with Gasteiger partial charge in [0.15, 0.2) is 0 Å². The Labute approximate surface area is 54.0 Å². The van der Waals surface area contributed by atoms with Crippen molar-refractivity contribution in [2.75, 3.05) is 0 Å². The van der Waals surface area contributed by atoms with Crippen LogP contribution in [0.4, 0.5) is 13.2 Å². The zero-order chi connectivity index (χ0) is 8.58. The number of halogens is 3. The molecule has 4 nitrogen and oxygen atoms in total. The second-order valence-corrected chi connectivity index (χ2v) is 5.54. The molecule has 0 bridgehead atoms. The summed E-state index contributed by atoms with van der Waals surface area (Å²) in [6, 6.07) is 0. The maximum absolute atomic E-state index is 11.2. The van der Waals surface area contributed by atoms with Crippen LogP contribution >= 0.6 is 6.79 Å². The van der Waals surface area contributed by atoms with E-state index >= 15 is 0 Å². The van der Waals surface area contributed by atoms with Crippen LogP contribution < -0.4 is 0 Å². The highest BCUT2D eigenvalue weighted by atomic mass is 32.8. The fourth-order valence-electron chi connectivity index (χ4n) is 0.0940. The molecule has 10 heavy (non-hydrogen) atoms. The van der Waals surface area contributed by atoms with Crippen molar-refractivity contribution in [2.45, 2.75) is 5.51 Å². The van der Waals surface area contributed by atoms with E-state index in [9.17, 15) is 26.2 Å². The summed E-state index contributed by atoms with van der Waals surface area (Å²) >= 11 is 0. The molecule has 0 saturated heterocycles. The number of rotatable bonds is 1. The van der Waals surface area contributed by atoms with E-state index in [2.05, 4.69) is 0 Å². The minimum Gasteiger partial charge on any atom is -0.244 e. The van der Waals surface area contributed by atoms with Gasteiger partial charge in [-0.15, -0.1) is 0 Å². The van der Waals surface area contributed by atoms with Gasteiger partial charge in [-0.05, 0) is 0 Å².